The quantitative estimate of drug-likeness (QED) is 0.734. The summed E-state index contributed by atoms with van der Waals surface area (Å²) in [7, 11) is 2.27. The number of hydrogen-bond acceptors (Lipinski definition) is 3. The summed E-state index contributed by atoms with van der Waals surface area (Å²) in [4.78, 5) is 4.00. The summed E-state index contributed by atoms with van der Waals surface area (Å²) >= 11 is 1.86. The first kappa shape index (κ1) is 15.0. The molecule has 1 saturated carbocycles. The molecule has 2 rings (SSSR count). The number of thiophene rings is 1. The lowest BCUT2D eigenvalue weighted by molar-refractivity contribution is 0.234. The van der Waals surface area contributed by atoms with Crippen molar-refractivity contribution in [3.63, 3.8) is 0 Å². The fraction of sp³-hybridized carbons (Fsp3) is 0.750. The molecule has 0 unspecified atom stereocenters. The van der Waals surface area contributed by atoms with E-state index in [1.165, 1.54) is 56.5 Å². The Bertz CT molecular complexity index is 317. The van der Waals surface area contributed by atoms with Crippen molar-refractivity contribution < 1.29 is 0 Å². The van der Waals surface area contributed by atoms with Crippen LogP contribution < -0.4 is 5.32 Å². The van der Waals surface area contributed by atoms with Gasteiger partial charge in [0.25, 0.3) is 0 Å². The second kappa shape index (κ2) is 8.72. The summed E-state index contributed by atoms with van der Waals surface area (Å²) < 4.78 is 0. The molecule has 1 heterocycles. The van der Waals surface area contributed by atoms with E-state index in [1.807, 2.05) is 11.3 Å². The Morgan fingerprint density at radius 3 is 2.84 bits per heavy atom. The van der Waals surface area contributed by atoms with E-state index in [0.717, 1.165) is 19.0 Å². The Hall–Kier alpha value is -0.380. The van der Waals surface area contributed by atoms with Crippen LogP contribution in [0.5, 0.6) is 0 Å². The summed E-state index contributed by atoms with van der Waals surface area (Å²) in [6.07, 6.45) is 8.45. The van der Waals surface area contributed by atoms with Crippen LogP contribution in [0.2, 0.25) is 0 Å². The van der Waals surface area contributed by atoms with Gasteiger partial charge in [0, 0.05) is 31.1 Å². The summed E-state index contributed by atoms with van der Waals surface area (Å²) in [6, 6.07) is 4.36. The van der Waals surface area contributed by atoms with Crippen LogP contribution in [0.1, 0.15) is 37.0 Å². The molecule has 2 nitrogen and oxygen atoms in total. The van der Waals surface area contributed by atoms with E-state index in [-0.39, 0.29) is 0 Å². The van der Waals surface area contributed by atoms with Crippen LogP contribution in [0.4, 0.5) is 0 Å². The fourth-order valence-corrected chi connectivity index (χ4v) is 3.67. The number of likely N-dealkylation sites (N-methyl/N-ethyl adjacent to an activating group) is 1. The Balaban J connectivity index is 1.48. The molecule has 0 atom stereocenters. The monoisotopic (exact) mass is 280 g/mol. The van der Waals surface area contributed by atoms with Crippen molar-refractivity contribution in [2.24, 2.45) is 5.92 Å². The van der Waals surface area contributed by atoms with E-state index < -0.39 is 0 Å². The zero-order chi connectivity index (χ0) is 13.3. The molecule has 0 aliphatic heterocycles. The van der Waals surface area contributed by atoms with Gasteiger partial charge in [-0.1, -0.05) is 25.3 Å². The third-order valence-electron chi connectivity index (χ3n) is 4.09. The molecule has 1 fully saturated rings. The van der Waals surface area contributed by atoms with Crippen molar-refractivity contribution in [3.8, 4) is 0 Å². The van der Waals surface area contributed by atoms with Gasteiger partial charge in [-0.05, 0) is 43.7 Å². The average Bonchev–Trinajstić information content (AvgIpc) is 2.92. The van der Waals surface area contributed by atoms with Gasteiger partial charge < -0.3 is 10.2 Å². The molecule has 1 aromatic rings. The van der Waals surface area contributed by atoms with Gasteiger partial charge in [0.2, 0.25) is 0 Å². The van der Waals surface area contributed by atoms with Crippen LogP contribution >= 0.6 is 11.3 Å². The van der Waals surface area contributed by atoms with Crippen molar-refractivity contribution in [2.45, 2.75) is 38.5 Å². The second-order valence-electron chi connectivity index (χ2n) is 5.85. The summed E-state index contributed by atoms with van der Waals surface area (Å²) in [5.41, 5.74) is 0. The Kier molecular flexibility index (Phi) is 6.90. The molecule has 0 aromatic carbocycles. The molecule has 19 heavy (non-hydrogen) atoms. The Labute approximate surface area is 122 Å². The molecular weight excluding hydrogens is 252 g/mol. The normalized spacial score (nSPS) is 17.2. The third kappa shape index (κ3) is 6.07. The highest BCUT2D eigenvalue weighted by Crippen LogP contribution is 2.23. The van der Waals surface area contributed by atoms with Crippen molar-refractivity contribution in [1.29, 1.82) is 0 Å². The molecule has 0 amide bonds. The summed E-state index contributed by atoms with van der Waals surface area (Å²) in [5.74, 6) is 0.963. The third-order valence-corrected chi connectivity index (χ3v) is 5.03. The van der Waals surface area contributed by atoms with E-state index in [9.17, 15) is 0 Å². The van der Waals surface area contributed by atoms with Gasteiger partial charge >= 0.3 is 0 Å². The van der Waals surface area contributed by atoms with Gasteiger partial charge in [-0.2, -0.15) is 0 Å². The lowest BCUT2D eigenvalue weighted by Crippen LogP contribution is -2.33. The second-order valence-corrected chi connectivity index (χ2v) is 6.88. The molecule has 1 aliphatic carbocycles. The molecule has 0 radical (unpaired) electrons. The van der Waals surface area contributed by atoms with Crippen LogP contribution in [0.3, 0.4) is 0 Å². The van der Waals surface area contributed by atoms with Crippen LogP contribution in [-0.2, 0) is 6.42 Å². The van der Waals surface area contributed by atoms with Gasteiger partial charge in [-0.3, -0.25) is 0 Å². The highest BCUT2D eigenvalue weighted by Gasteiger charge is 2.14. The highest BCUT2D eigenvalue weighted by atomic mass is 32.1. The minimum absolute atomic E-state index is 0.963. The lowest BCUT2D eigenvalue weighted by atomic mass is 9.89. The predicted molar refractivity (Wildman–Crippen MR) is 85.0 cm³/mol. The molecule has 108 valence electrons. The molecule has 0 bridgehead atoms. The lowest BCUT2D eigenvalue weighted by Gasteiger charge is -2.27. The smallest absolute Gasteiger partial charge is 0.0104 e. The molecule has 1 N–H and O–H groups in total. The van der Waals surface area contributed by atoms with E-state index in [4.69, 9.17) is 0 Å². The van der Waals surface area contributed by atoms with Crippen LogP contribution in [0.25, 0.3) is 0 Å². The van der Waals surface area contributed by atoms with Crippen molar-refractivity contribution in [3.05, 3.63) is 22.4 Å². The molecule has 0 spiro atoms. The van der Waals surface area contributed by atoms with Gasteiger partial charge in [0.05, 0.1) is 0 Å². The number of rotatable bonds is 8. The van der Waals surface area contributed by atoms with Gasteiger partial charge in [0.15, 0.2) is 0 Å². The maximum atomic E-state index is 3.56. The maximum Gasteiger partial charge on any atom is 0.0104 e. The minimum atomic E-state index is 0.963. The zero-order valence-electron chi connectivity index (χ0n) is 12.2. The average molecular weight is 280 g/mol. The van der Waals surface area contributed by atoms with Crippen LogP contribution in [-0.4, -0.2) is 38.1 Å². The first-order valence-electron chi connectivity index (χ1n) is 7.76. The summed E-state index contributed by atoms with van der Waals surface area (Å²) in [5, 5.41) is 5.72. The molecule has 3 heteroatoms. The van der Waals surface area contributed by atoms with E-state index in [2.05, 4.69) is 34.8 Å². The van der Waals surface area contributed by atoms with Crippen molar-refractivity contribution >= 4 is 11.3 Å². The molecule has 1 aromatic heterocycles. The minimum Gasteiger partial charge on any atom is -0.315 e. The molecule has 0 saturated heterocycles. The maximum absolute atomic E-state index is 3.56. The standard InChI is InChI=1S/C16H28N2S/c1-18(14-15-6-3-2-4-7-15)12-11-17-10-9-16-8-5-13-19-16/h5,8,13,15,17H,2-4,6-7,9-12,14H2,1H3. The SMILES string of the molecule is CN(CCNCCc1cccs1)CC1CCCCC1. The van der Waals surface area contributed by atoms with Gasteiger partial charge in [-0.25, -0.2) is 0 Å². The van der Waals surface area contributed by atoms with Crippen molar-refractivity contribution in [1.82, 2.24) is 10.2 Å². The predicted octanol–water partition coefficient (Wildman–Crippen LogP) is 3.39. The van der Waals surface area contributed by atoms with Gasteiger partial charge in [-0.15, -0.1) is 11.3 Å². The first-order valence-corrected chi connectivity index (χ1v) is 8.64. The largest absolute Gasteiger partial charge is 0.315 e. The number of nitrogens with zero attached hydrogens (tertiary/aromatic N) is 1. The molecule has 1 aliphatic rings. The topological polar surface area (TPSA) is 15.3 Å². The fourth-order valence-electron chi connectivity index (χ4n) is 2.96. The molecular formula is C16H28N2S. The van der Waals surface area contributed by atoms with E-state index in [0.29, 0.717) is 0 Å². The summed E-state index contributed by atoms with van der Waals surface area (Å²) in [6.45, 7) is 4.71. The van der Waals surface area contributed by atoms with Crippen LogP contribution in [0.15, 0.2) is 17.5 Å². The number of hydrogen-bond donors (Lipinski definition) is 1. The van der Waals surface area contributed by atoms with Crippen molar-refractivity contribution in [2.75, 3.05) is 33.2 Å². The van der Waals surface area contributed by atoms with Gasteiger partial charge in [0.1, 0.15) is 0 Å². The van der Waals surface area contributed by atoms with E-state index >= 15 is 0 Å². The highest BCUT2D eigenvalue weighted by molar-refractivity contribution is 7.09. The zero-order valence-corrected chi connectivity index (χ0v) is 13.1. The first-order chi connectivity index (χ1) is 9.34. The Morgan fingerprint density at radius 2 is 2.11 bits per heavy atom. The Morgan fingerprint density at radius 1 is 1.26 bits per heavy atom. The van der Waals surface area contributed by atoms with E-state index in [1.54, 1.807) is 0 Å². The number of nitrogens with one attached hydrogen (secondary N) is 1. The van der Waals surface area contributed by atoms with Crippen LogP contribution in [0, 0.1) is 5.92 Å².